The van der Waals surface area contributed by atoms with Crippen molar-refractivity contribution in [1.29, 1.82) is 5.26 Å². The van der Waals surface area contributed by atoms with Crippen LogP contribution in [0.5, 0.6) is 0 Å². The molecule has 6 heteroatoms. The second kappa shape index (κ2) is 2.89. The third kappa shape index (κ3) is 1.38. The van der Waals surface area contributed by atoms with E-state index < -0.39 is 10.2 Å². The van der Waals surface area contributed by atoms with Crippen LogP contribution in [0.15, 0.2) is 27.0 Å². The van der Waals surface area contributed by atoms with Crippen LogP contribution in [-0.2, 0) is 16.6 Å². The molecule has 0 radical (unpaired) electrons. The Bertz CT molecular complexity index is 640. The highest BCUT2D eigenvalue weighted by atomic mass is 32.2. The molecule has 0 N–H and O–H groups in total. The number of benzene rings is 1. The van der Waals surface area contributed by atoms with Crippen molar-refractivity contribution in [2.24, 2.45) is 8.80 Å². The molecule has 0 spiro atoms. The zero-order valence-electron chi connectivity index (χ0n) is 7.01. The number of hydrogen-bond donors (Lipinski definition) is 0. The molecule has 0 amide bonds. The molecule has 0 atom stereocenters. The maximum atomic E-state index is 11.0. The molecule has 0 bridgehead atoms. The lowest BCUT2D eigenvalue weighted by atomic mass is 10.1. The summed E-state index contributed by atoms with van der Waals surface area (Å²) in [7, 11) is -3.71. The average molecular weight is 207 g/mol. The van der Waals surface area contributed by atoms with Crippen molar-refractivity contribution in [2.75, 3.05) is 0 Å². The Balaban J connectivity index is 2.83. The van der Waals surface area contributed by atoms with Crippen LogP contribution in [-0.4, -0.2) is 8.42 Å². The van der Waals surface area contributed by atoms with E-state index in [0.29, 0.717) is 16.3 Å². The van der Waals surface area contributed by atoms with E-state index in [1.165, 1.54) is 0 Å². The van der Waals surface area contributed by atoms with Crippen LogP contribution in [0.2, 0.25) is 0 Å². The minimum Gasteiger partial charge on any atom is -0.198 e. The maximum Gasteiger partial charge on any atom is 0.364 e. The van der Waals surface area contributed by atoms with Crippen LogP contribution in [0, 0.1) is 11.3 Å². The molecule has 0 aliphatic carbocycles. The Morgan fingerprint density at radius 2 is 2.14 bits per heavy atom. The first kappa shape index (κ1) is 8.84. The summed E-state index contributed by atoms with van der Waals surface area (Å²) in [6.07, 6.45) is 0.137. The smallest absolute Gasteiger partial charge is 0.198 e. The number of hydrogen-bond acceptors (Lipinski definition) is 3. The second-order valence-electron chi connectivity index (χ2n) is 2.75. The minimum atomic E-state index is -3.71. The molecule has 0 saturated heterocycles. The van der Waals surface area contributed by atoms with Gasteiger partial charge in [-0.1, -0.05) is 12.1 Å². The van der Waals surface area contributed by atoms with Crippen LogP contribution < -0.4 is 10.7 Å². The predicted octanol–water partition coefficient (Wildman–Crippen LogP) is -0.750. The summed E-state index contributed by atoms with van der Waals surface area (Å²) in [5.74, 6) is 0. The molecule has 0 saturated carbocycles. The molecule has 0 unspecified atom stereocenters. The summed E-state index contributed by atoms with van der Waals surface area (Å²) in [6, 6.07) is 6.83. The van der Waals surface area contributed by atoms with Gasteiger partial charge in [-0.2, -0.15) is 13.7 Å². The van der Waals surface area contributed by atoms with E-state index in [9.17, 15) is 8.42 Å². The molecule has 5 nitrogen and oxygen atoms in total. The number of nitrogens with zero attached hydrogens (tertiary/aromatic N) is 3. The van der Waals surface area contributed by atoms with Gasteiger partial charge in [0.2, 0.25) is 0 Å². The largest absolute Gasteiger partial charge is 0.364 e. The zero-order valence-corrected chi connectivity index (χ0v) is 7.82. The molecule has 14 heavy (non-hydrogen) atoms. The molecule has 0 aromatic heterocycles. The van der Waals surface area contributed by atoms with Gasteiger partial charge in [0.25, 0.3) is 0 Å². The maximum absolute atomic E-state index is 11.0. The molecule has 70 valence electrons. The standard InChI is InChI=1S/C8H5N3O2S/c9-5-4-6-2-1-3-7-8(6)11-14(12,13)10-7/h1-3H,4H2. The summed E-state index contributed by atoms with van der Waals surface area (Å²) in [5.41, 5.74) is 0.592. The van der Waals surface area contributed by atoms with Gasteiger partial charge in [-0.25, -0.2) is 0 Å². The molecule has 1 aliphatic rings. The Morgan fingerprint density at radius 3 is 2.86 bits per heavy atom. The number of fused-ring (bicyclic) bond motifs is 1. The van der Waals surface area contributed by atoms with Gasteiger partial charge in [-0.05, 0) is 11.6 Å². The summed E-state index contributed by atoms with van der Waals surface area (Å²) >= 11 is 0. The molecular weight excluding hydrogens is 202 g/mol. The van der Waals surface area contributed by atoms with E-state index in [4.69, 9.17) is 5.26 Å². The first-order valence-corrected chi connectivity index (χ1v) is 5.22. The number of nitriles is 1. The van der Waals surface area contributed by atoms with Crippen molar-refractivity contribution in [2.45, 2.75) is 6.42 Å². The molecule has 0 fully saturated rings. The van der Waals surface area contributed by atoms with Crippen LogP contribution in [0.4, 0.5) is 0 Å². The lowest BCUT2D eigenvalue weighted by molar-refractivity contribution is 0.599. The first-order chi connectivity index (χ1) is 6.62. The van der Waals surface area contributed by atoms with Gasteiger partial charge in [0, 0.05) is 0 Å². The summed E-state index contributed by atoms with van der Waals surface area (Å²) in [4.78, 5) is 0. The van der Waals surface area contributed by atoms with Crippen LogP contribution in [0.3, 0.4) is 0 Å². The summed E-state index contributed by atoms with van der Waals surface area (Å²) in [6.45, 7) is 0. The van der Waals surface area contributed by atoms with Crippen LogP contribution in [0.1, 0.15) is 5.56 Å². The van der Waals surface area contributed by atoms with Crippen LogP contribution >= 0.6 is 0 Å². The van der Waals surface area contributed by atoms with Crippen molar-refractivity contribution < 1.29 is 8.42 Å². The van der Waals surface area contributed by atoms with E-state index in [0.717, 1.165) is 0 Å². The Kier molecular flexibility index (Phi) is 1.82. The fourth-order valence-electron chi connectivity index (χ4n) is 1.24. The average Bonchev–Trinajstić information content (AvgIpc) is 2.41. The van der Waals surface area contributed by atoms with Crippen molar-refractivity contribution in [3.8, 4) is 6.07 Å². The molecular formula is C8H5N3O2S. The van der Waals surface area contributed by atoms with Gasteiger partial charge in [0.05, 0.1) is 12.5 Å². The fraction of sp³-hybridized carbons (Fsp3) is 0.125. The zero-order chi connectivity index (χ0) is 10.2. The van der Waals surface area contributed by atoms with Gasteiger partial charge in [-0.3, -0.25) is 0 Å². The monoisotopic (exact) mass is 207 g/mol. The fourth-order valence-corrected chi connectivity index (χ4v) is 2.12. The quantitative estimate of drug-likeness (QED) is 0.607. The van der Waals surface area contributed by atoms with E-state index >= 15 is 0 Å². The third-order valence-corrected chi connectivity index (χ3v) is 2.63. The Hall–Kier alpha value is -1.74. The topological polar surface area (TPSA) is 82.6 Å². The summed E-state index contributed by atoms with van der Waals surface area (Å²) in [5, 5.41) is 9.13. The molecule has 1 aromatic carbocycles. The number of rotatable bonds is 1. The second-order valence-corrected chi connectivity index (χ2v) is 4.01. The normalized spacial score (nSPS) is 16.2. The Morgan fingerprint density at radius 1 is 1.36 bits per heavy atom. The van der Waals surface area contributed by atoms with Crippen molar-refractivity contribution in [3.05, 3.63) is 34.5 Å². The van der Waals surface area contributed by atoms with E-state index in [1.54, 1.807) is 18.2 Å². The van der Waals surface area contributed by atoms with Gasteiger partial charge in [0.15, 0.2) is 0 Å². The molecule has 1 aliphatic heterocycles. The van der Waals surface area contributed by atoms with Crippen molar-refractivity contribution in [1.82, 2.24) is 0 Å². The highest BCUT2D eigenvalue weighted by molar-refractivity contribution is 7.88. The predicted molar refractivity (Wildman–Crippen MR) is 47.0 cm³/mol. The Labute approximate surface area is 80.2 Å². The molecule has 2 rings (SSSR count). The SMILES string of the molecule is N#CCc1cccc2c1=NS(=O)(=O)N=2. The van der Waals surface area contributed by atoms with Gasteiger partial charge < -0.3 is 0 Å². The lowest BCUT2D eigenvalue weighted by Crippen LogP contribution is -2.25. The molecule has 1 aromatic rings. The molecule has 1 heterocycles. The van der Waals surface area contributed by atoms with Crippen molar-refractivity contribution in [3.63, 3.8) is 0 Å². The van der Waals surface area contributed by atoms with Gasteiger partial charge in [-0.15, -0.1) is 8.80 Å². The minimum absolute atomic E-state index is 0.137. The van der Waals surface area contributed by atoms with E-state index in [-0.39, 0.29) is 6.42 Å². The first-order valence-electron chi connectivity index (χ1n) is 3.82. The van der Waals surface area contributed by atoms with E-state index in [1.807, 2.05) is 6.07 Å². The summed E-state index contributed by atoms with van der Waals surface area (Å²) < 4.78 is 28.9. The lowest BCUT2D eigenvalue weighted by Gasteiger charge is -1.90. The van der Waals surface area contributed by atoms with Gasteiger partial charge in [0.1, 0.15) is 10.7 Å². The third-order valence-electron chi connectivity index (χ3n) is 1.79. The van der Waals surface area contributed by atoms with E-state index in [2.05, 4.69) is 8.80 Å². The van der Waals surface area contributed by atoms with Crippen molar-refractivity contribution >= 4 is 10.2 Å². The highest BCUT2D eigenvalue weighted by Gasteiger charge is 2.13. The van der Waals surface area contributed by atoms with Gasteiger partial charge >= 0.3 is 10.2 Å². The van der Waals surface area contributed by atoms with Crippen LogP contribution in [0.25, 0.3) is 0 Å². The highest BCUT2D eigenvalue weighted by Crippen LogP contribution is 1.98.